The fraction of sp³-hybridized carbons (Fsp3) is 0.312. The summed E-state index contributed by atoms with van der Waals surface area (Å²) in [6, 6.07) is 20.6. The van der Waals surface area contributed by atoms with Gasteiger partial charge in [0.25, 0.3) is 0 Å². The monoisotopic (exact) mass is 633 g/mol. The number of rotatable bonds is 12. The second-order valence-electron chi connectivity index (χ2n) is 10.8. The number of benzene rings is 3. The van der Waals surface area contributed by atoms with Crippen LogP contribution in [0.3, 0.4) is 0 Å². The zero-order valence-electron chi connectivity index (χ0n) is 24.3. The van der Waals surface area contributed by atoms with Crippen LogP contribution >= 0.6 is 15.9 Å². The number of carboxylic acids is 1. The summed E-state index contributed by atoms with van der Waals surface area (Å²) in [5, 5.41) is 12.0. The Morgan fingerprint density at radius 3 is 2.29 bits per heavy atom. The van der Waals surface area contributed by atoms with Gasteiger partial charge in [-0.1, -0.05) is 46.3 Å². The minimum Gasteiger partial charge on any atom is -0.481 e. The molecule has 0 radical (unpaired) electrons. The molecule has 1 aliphatic heterocycles. The Morgan fingerprint density at radius 1 is 0.952 bits per heavy atom. The summed E-state index contributed by atoms with van der Waals surface area (Å²) < 4.78 is 0.863. The number of hydrogen-bond donors (Lipinski definition) is 2. The molecule has 2 N–H and O–H groups in total. The largest absolute Gasteiger partial charge is 0.481 e. The van der Waals surface area contributed by atoms with Crippen LogP contribution in [0.5, 0.6) is 0 Å². The molecule has 10 heteroatoms. The SMILES string of the molecule is CN(C)CCN(C)CC(=O)N(C)c1ccc(N=C(c2ccc(CCC(=O)O)cc2)C2C(=O)Nc3cc(Br)ccc32)cc1. The molecule has 3 aromatic carbocycles. The highest BCUT2D eigenvalue weighted by atomic mass is 79.9. The van der Waals surface area contributed by atoms with Crippen LogP contribution in [0.25, 0.3) is 0 Å². The zero-order chi connectivity index (χ0) is 30.4. The predicted octanol–water partition coefficient (Wildman–Crippen LogP) is 4.78. The van der Waals surface area contributed by atoms with Crippen LogP contribution in [0.15, 0.2) is 76.2 Å². The van der Waals surface area contributed by atoms with Crippen molar-refractivity contribution < 1.29 is 19.5 Å². The Morgan fingerprint density at radius 2 is 1.64 bits per heavy atom. The van der Waals surface area contributed by atoms with Crippen molar-refractivity contribution in [1.82, 2.24) is 9.80 Å². The molecule has 3 aromatic rings. The first-order chi connectivity index (χ1) is 20.0. The predicted molar refractivity (Wildman–Crippen MR) is 170 cm³/mol. The molecular weight excluding hydrogens is 598 g/mol. The highest BCUT2D eigenvalue weighted by Gasteiger charge is 2.35. The van der Waals surface area contributed by atoms with Crippen molar-refractivity contribution >= 4 is 56.5 Å². The molecule has 1 unspecified atom stereocenters. The molecule has 220 valence electrons. The number of halogens is 1. The van der Waals surface area contributed by atoms with Gasteiger partial charge in [0, 0.05) is 42.4 Å². The van der Waals surface area contributed by atoms with E-state index in [0.29, 0.717) is 24.4 Å². The number of anilines is 2. The number of carbonyl (C=O) groups excluding carboxylic acids is 2. The Labute approximate surface area is 255 Å². The Balaban J connectivity index is 1.61. The van der Waals surface area contributed by atoms with Crippen LogP contribution in [0.1, 0.15) is 29.0 Å². The molecule has 0 saturated heterocycles. The number of fused-ring (bicyclic) bond motifs is 1. The van der Waals surface area contributed by atoms with E-state index in [0.717, 1.165) is 45.6 Å². The number of aliphatic imine (C=N–C) groups is 1. The van der Waals surface area contributed by atoms with Gasteiger partial charge in [-0.2, -0.15) is 0 Å². The van der Waals surface area contributed by atoms with Crippen LogP contribution in [-0.2, 0) is 20.8 Å². The van der Waals surface area contributed by atoms with Gasteiger partial charge in [-0.05, 0) is 80.7 Å². The third-order valence-electron chi connectivity index (χ3n) is 7.19. The summed E-state index contributed by atoms with van der Waals surface area (Å²) >= 11 is 3.47. The van der Waals surface area contributed by atoms with Gasteiger partial charge in [0.05, 0.1) is 17.9 Å². The molecular formula is C32H36BrN5O4. The van der Waals surface area contributed by atoms with E-state index in [-0.39, 0.29) is 18.2 Å². The van der Waals surface area contributed by atoms with Gasteiger partial charge in [-0.25, -0.2) is 0 Å². The molecule has 0 bridgehead atoms. The summed E-state index contributed by atoms with van der Waals surface area (Å²) in [6.45, 7) is 1.97. The summed E-state index contributed by atoms with van der Waals surface area (Å²) in [7, 11) is 7.70. The number of nitrogens with zero attached hydrogens (tertiary/aromatic N) is 4. The van der Waals surface area contributed by atoms with E-state index in [4.69, 9.17) is 10.1 Å². The average molecular weight is 635 g/mol. The molecule has 0 saturated carbocycles. The van der Waals surface area contributed by atoms with Crippen LogP contribution in [0.4, 0.5) is 17.1 Å². The van der Waals surface area contributed by atoms with E-state index in [1.807, 2.05) is 92.8 Å². The smallest absolute Gasteiger partial charge is 0.303 e. The van der Waals surface area contributed by atoms with Gasteiger partial charge in [-0.3, -0.25) is 24.3 Å². The molecule has 0 spiro atoms. The van der Waals surface area contributed by atoms with Gasteiger partial charge >= 0.3 is 5.97 Å². The summed E-state index contributed by atoms with van der Waals surface area (Å²) in [5.41, 5.74) is 5.20. The van der Waals surface area contributed by atoms with E-state index in [1.54, 1.807) is 11.9 Å². The van der Waals surface area contributed by atoms with E-state index in [1.165, 1.54) is 0 Å². The second-order valence-corrected chi connectivity index (χ2v) is 11.7. The quantitative estimate of drug-likeness (QED) is 0.278. The number of carbonyl (C=O) groups is 3. The van der Waals surface area contributed by atoms with E-state index in [9.17, 15) is 14.4 Å². The molecule has 1 heterocycles. The second kappa shape index (κ2) is 13.9. The van der Waals surface area contributed by atoms with Crippen molar-refractivity contribution in [3.05, 3.63) is 87.9 Å². The minimum atomic E-state index is -0.848. The fourth-order valence-electron chi connectivity index (χ4n) is 4.72. The highest BCUT2D eigenvalue weighted by Crippen LogP contribution is 2.38. The summed E-state index contributed by atoms with van der Waals surface area (Å²) in [6.07, 6.45) is 0.464. The number of aliphatic carboxylic acids is 1. The first-order valence-corrected chi connectivity index (χ1v) is 14.5. The Bertz CT molecular complexity index is 1470. The third-order valence-corrected chi connectivity index (χ3v) is 7.69. The van der Waals surface area contributed by atoms with Crippen molar-refractivity contribution in [1.29, 1.82) is 0 Å². The maximum absolute atomic E-state index is 13.3. The topological polar surface area (TPSA) is 106 Å². The lowest BCUT2D eigenvalue weighted by Crippen LogP contribution is -2.39. The van der Waals surface area contributed by atoms with Crippen molar-refractivity contribution in [2.75, 3.05) is 58.0 Å². The van der Waals surface area contributed by atoms with Gasteiger partial charge in [0.15, 0.2) is 0 Å². The molecule has 0 fully saturated rings. The van der Waals surface area contributed by atoms with Crippen molar-refractivity contribution in [3.63, 3.8) is 0 Å². The molecule has 1 atom stereocenters. The maximum atomic E-state index is 13.3. The van der Waals surface area contributed by atoms with Crippen molar-refractivity contribution in [3.8, 4) is 0 Å². The van der Waals surface area contributed by atoms with Crippen LogP contribution in [0.2, 0.25) is 0 Å². The lowest BCUT2D eigenvalue weighted by Gasteiger charge is -2.23. The van der Waals surface area contributed by atoms with Gasteiger partial charge in [0.1, 0.15) is 5.92 Å². The van der Waals surface area contributed by atoms with Crippen LogP contribution in [-0.4, -0.2) is 86.2 Å². The average Bonchev–Trinajstić information content (AvgIpc) is 3.28. The Kier molecular flexibility index (Phi) is 10.3. The summed E-state index contributed by atoms with van der Waals surface area (Å²) in [5.74, 6) is -1.66. The lowest BCUT2D eigenvalue weighted by atomic mass is 9.90. The number of amides is 2. The molecule has 42 heavy (non-hydrogen) atoms. The number of aryl methyl sites for hydroxylation is 1. The van der Waals surface area contributed by atoms with E-state index in [2.05, 4.69) is 26.1 Å². The maximum Gasteiger partial charge on any atom is 0.303 e. The van der Waals surface area contributed by atoms with Gasteiger partial charge in [0.2, 0.25) is 11.8 Å². The molecule has 4 rings (SSSR count). The normalized spacial score (nSPS) is 14.7. The summed E-state index contributed by atoms with van der Waals surface area (Å²) in [4.78, 5) is 47.8. The lowest BCUT2D eigenvalue weighted by molar-refractivity contribution is -0.137. The first kappa shape index (κ1) is 31.1. The van der Waals surface area contributed by atoms with Gasteiger partial charge in [-0.15, -0.1) is 0 Å². The fourth-order valence-corrected chi connectivity index (χ4v) is 5.08. The van der Waals surface area contributed by atoms with Crippen LogP contribution in [0, 0.1) is 0 Å². The number of nitrogens with one attached hydrogen (secondary N) is 1. The molecule has 0 aromatic heterocycles. The third kappa shape index (κ3) is 7.90. The Hall–Kier alpha value is -3.86. The molecule has 1 aliphatic rings. The number of hydrogen-bond acceptors (Lipinski definition) is 6. The zero-order valence-corrected chi connectivity index (χ0v) is 25.9. The minimum absolute atomic E-state index is 0.0124. The van der Waals surface area contributed by atoms with Gasteiger partial charge < -0.3 is 20.2 Å². The van der Waals surface area contributed by atoms with Crippen molar-refractivity contribution in [2.45, 2.75) is 18.8 Å². The highest BCUT2D eigenvalue weighted by molar-refractivity contribution is 9.10. The molecule has 0 aliphatic carbocycles. The molecule has 2 amide bonds. The standard InChI is InChI=1S/C32H36BrN5O4/c1-36(2)17-18-37(3)20-28(39)38(4)25-13-11-24(12-14-25)34-31(22-8-5-21(6-9-22)7-16-29(40)41)30-26-15-10-23(33)19-27(26)35-32(30)42/h5-6,8-15,19,30H,7,16-18,20H2,1-4H3,(H,35,42)(H,40,41). The molecule has 9 nitrogen and oxygen atoms in total. The van der Waals surface area contributed by atoms with E-state index < -0.39 is 11.9 Å². The van der Waals surface area contributed by atoms with Crippen molar-refractivity contribution in [2.24, 2.45) is 4.99 Å². The van der Waals surface area contributed by atoms with E-state index >= 15 is 0 Å². The first-order valence-electron chi connectivity index (χ1n) is 13.7. The van der Waals surface area contributed by atoms with Crippen LogP contribution < -0.4 is 10.2 Å². The number of likely N-dealkylation sites (N-methyl/N-ethyl adjacent to an activating group) is 3. The number of carboxylic acid groups (broad SMARTS) is 1.